The molecule has 18 heavy (non-hydrogen) atoms. The normalized spacial score (nSPS) is 10.6. The number of unbranched alkanes of at least 4 members (excludes halogenated alkanes) is 1. The van der Waals surface area contributed by atoms with Gasteiger partial charge in [0.15, 0.2) is 0 Å². The van der Waals surface area contributed by atoms with Crippen molar-refractivity contribution in [2.24, 2.45) is 0 Å². The molecule has 5 heteroatoms. The van der Waals surface area contributed by atoms with E-state index in [1.807, 2.05) is 10.8 Å². The van der Waals surface area contributed by atoms with E-state index in [0.717, 1.165) is 25.5 Å². The highest BCUT2D eigenvalue weighted by atomic mass is 19.1. The van der Waals surface area contributed by atoms with Gasteiger partial charge in [0.2, 0.25) is 5.95 Å². The molecule has 1 aromatic carbocycles. The molecule has 3 nitrogen and oxygen atoms in total. The van der Waals surface area contributed by atoms with Gasteiger partial charge in [-0.25, -0.2) is 13.8 Å². The summed E-state index contributed by atoms with van der Waals surface area (Å²) in [6, 6.07) is 3.32. The van der Waals surface area contributed by atoms with Crippen molar-refractivity contribution in [3.63, 3.8) is 0 Å². The molecule has 96 valence electrons. The number of aromatic nitrogens is 2. The van der Waals surface area contributed by atoms with Crippen LogP contribution < -0.4 is 5.32 Å². The highest BCUT2D eigenvalue weighted by Gasteiger charge is 2.05. The Hall–Kier alpha value is -1.91. The van der Waals surface area contributed by atoms with Crippen molar-refractivity contribution in [3.05, 3.63) is 42.2 Å². The third-order valence-corrected chi connectivity index (χ3v) is 2.59. The van der Waals surface area contributed by atoms with Crippen LogP contribution in [0.25, 0.3) is 0 Å². The third-order valence-electron chi connectivity index (χ3n) is 2.59. The summed E-state index contributed by atoms with van der Waals surface area (Å²) >= 11 is 0. The quantitative estimate of drug-likeness (QED) is 0.878. The van der Waals surface area contributed by atoms with Crippen LogP contribution in [0.1, 0.15) is 19.8 Å². The average molecular weight is 251 g/mol. The molecule has 0 bridgehead atoms. The van der Waals surface area contributed by atoms with Crippen LogP contribution in [0.15, 0.2) is 30.6 Å². The van der Waals surface area contributed by atoms with Crippen LogP contribution in [-0.4, -0.2) is 9.55 Å². The molecule has 1 aromatic heterocycles. The van der Waals surface area contributed by atoms with Crippen LogP contribution in [0.5, 0.6) is 0 Å². The Balaban J connectivity index is 2.15. The first-order valence-electron chi connectivity index (χ1n) is 5.93. The van der Waals surface area contributed by atoms with Gasteiger partial charge in [-0.3, -0.25) is 0 Å². The molecule has 1 heterocycles. The summed E-state index contributed by atoms with van der Waals surface area (Å²) < 4.78 is 28.0. The largest absolute Gasteiger partial charge is 0.325 e. The van der Waals surface area contributed by atoms with E-state index in [9.17, 15) is 8.78 Å². The third kappa shape index (κ3) is 3.06. The van der Waals surface area contributed by atoms with Crippen molar-refractivity contribution in [2.75, 3.05) is 5.32 Å². The minimum atomic E-state index is -0.607. The van der Waals surface area contributed by atoms with Gasteiger partial charge in [0, 0.05) is 30.7 Å². The second-order valence-electron chi connectivity index (χ2n) is 4.08. The molecular formula is C13H15F2N3. The Morgan fingerprint density at radius 3 is 2.61 bits per heavy atom. The second-order valence-corrected chi connectivity index (χ2v) is 4.08. The fourth-order valence-electron chi connectivity index (χ4n) is 1.70. The lowest BCUT2D eigenvalue weighted by molar-refractivity contribution is 0.584. The molecule has 0 atom stereocenters. The molecule has 1 N–H and O–H groups in total. The molecule has 0 amide bonds. The van der Waals surface area contributed by atoms with Crippen molar-refractivity contribution >= 4 is 11.6 Å². The Morgan fingerprint density at radius 2 is 1.94 bits per heavy atom. The maximum absolute atomic E-state index is 13.1. The van der Waals surface area contributed by atoms with E-state index in [0.29, 0.717) is 11.6 Å². The van der Waals surface area contributed by atoms with Crippen LogP contribution in [0.3, 0.4) is 0 Å². The first-order chi connectivity index (χ1) is 8.69. The fourth-order valence-corrected chi connectivity index (χ4v) is 1.70. The summed E-state index contributed by atoms with van der Waals surface area (Å²) in [7, 11) is 0. The highest BCUT2D eigenvalue weighted by molar-refractivity contribution is 5.53. The zero-order chi connectivity index (χ0) is 13.0. The first kappa shape index (κ1) is 12.5. The monoisotopic (exact) mass is 251 g/mol. The maximum Gasteiger partial charge on any atom is 0.207 e. The number of hydrogen-bond acceptors (Lipinski definition) is 2. The number of nitrogens with one attached hydrogen (secondary N) is 1. The predicted molar refractivity (Wildman–Crippen MR) is 66.8 cm³/mol. The molecule has 0 saturated heterocycles. The number of halogens is 2. The van der Waals surface area contributed by atoms with Crippen molar-refractivity contribution in [1.82, 2.24) is 9.55 Å². The molecule has 0 fully saturated rings. The van der Waals surface area contributed by atoms with E-state index < -0.39 is 11.6 Å². The Bertz CT molecular complexity index is 502. The number of imidazole rings is 1. The van der Waals surface area contributed by atoms with Gasteiger partial charge in [-0.2, -0.15) is 0 Å². The summed E-state index contributed by atoms with van der Waals surface area (Å²) in [5.74, 6) is -0.623. The lowest BCUT2D eigenvalue weighted by Gasteiger charge is -2.09. The van der Waals surface area contributed by atoms with E-state index in [2.05, 4.69) is 17.2 Å². The molecule has 2 aromatic rings. The zero-order valence-corrected chi connectivity index (χ0v) is 10.2. The smallest absolute Gasteiger partial charge is 0.207 e. The van der Waals surface area contributed by atoms with Crippen molar-refractivity contribution < 1.29 is 8.78 Å². The van der Waals surface area contributed by atoms with Gasteiger partial charge in [0.25, 0.3) is 0 Å². The summed E-state index contributed by atoms with van der Waals surface area (Å²) in [5, 5.41) is 2.91. The van der Waals surface area contributed by atoms with Gasteiger partial charge in [-0.15, -0.1) is 0 Å². The van der Waals surface area contributed by atoms with Gasteiger partial charge in [-0.05, 0) is 18.6 Å². The fraction of sp³-hybridized carbons (Fsp3) is 0.308. The van der Waals surface area contributed by atoms with Gasteiger partial charge < -0.3 is 9.88 Å². The lowest BCUT2D eigenvalue weighted by Crippen LogP contribution is -2.03. The topological polar surface area (TPSA) is 29.9 Å². The van der Waals surface area contributed by atoms with Crippen LogP contribution in [0.4, 0.5) is 20.4 Å². The van der Waals surface area contributed by atoms with Crippen LogP contribution in [0, 0.1) is 11.6 Å². The number of anilines is 2. The minimum Gasteiger partial charge on any atom is -0.325 e. The van der Waals surface area contributed by atoms with E-state index >= 15 is 0 Å². The maximum atomic E-state index is 13.1. The summed E-state index contributed by atoms with van der Waals surface area (Å²) in [6.07, 6.45) is 5.61. The Labute approximate surface area is 104 Å². The molecule has 0 aliphatic heterocycles. The van der Waals surface area contributed by atoms with Gasteiger partial charge in [0.05, 0.1) is 0 Å². The Kier molecular flexibility index (Phi) is 3.92. The first-order valence-corrected chi connectivity index (χ1v) is 5.93. The van der Waals surface area contributed by atoms with Gasteiger partial charge in [0.1, 0.15) is 11.6 Å². The van der Waals surface area contributed by atoms with E-state index in [1.54, 1.807) is 6.20 Å². The number of hydrogen-bond donors (Lipinski definition) is 1. The SMILES string of the molecule is CCCCn1ccnc1Nc1cc(F)cc(F)c1. The number of nitrogens with zero attached hydrogens (tertiary/aromatic N) is 2. The highest BCUT2D eigenvalue weighted by Crippen LogP contribution is 2.18. The van der Waals surface area contributed by atoms with Crippen molar-refractivity contribution in [3.8, 4) is 0 Å². The van der Waals surface area contributed by atoms with Crippen LogP contribution in [-0.2, 0) is 6.54 Å². The van der Waals surface area contributed by atoms with Gasteiger partial charge >= 0.3 is 0 Å². The standard InChI is InChI=1S/C13H15F2N3/c1-2-3-5-18-6-4-16-13(18)17-12-8-10(14)7-11(15)9-12/h4,6-9H,2-3,5H2,1H3,(H,16,17). The van der Waals surface area contributed by atoms with Crippen LogP contribution >= 0.6 is 0 Å². The summed E-state index contributed by atoms with van der Waals surface area (Å²) in [4.78, 5) is 4.13. The molecule has 0 radical (unpaired) electrons. The molecule has 0 spiro atoms. The Morgan fingerprint density at radius 1 is 1.22 bits per heavy atom. The molecule has 2 rings (SSSR count). The van der Waals surface area contributed by atoms with E-state index in [4.69, 9.17) is 0 Å². The number of rotatable bonds is 5. The van der Waals surface area contributed by atoms with Crippen LogP contribution in [0.2, 0.25) is 0 Å². The molecule has 0 saturated carbocycles. The summed E-state index contributed by atoms with van der Waals surface area (Å²) in [6.45, 7) is 2.93. The molecule has 0 aliphatic carbocycles. The molecule has 0 aliphatic rings. The molecule has 0 unspecified atom stereocenters. The number of benzene rings is 1. The molecular weight excluding hydrogens is 236 g/mol. The van der Waals surface area contributed by atoms with Gasteiger partial charge in [-0.1, -0.05) is 13.3 Å². The second kappa shape index (κ2) is 5.62. The average Bonchev–Trinajstić information content (AvgIpc) is 2.72. The van der Waals surface area contributed by atoms with E-state index in [-0.39, 0.29) is 0 Å². The predicted octanol–water partition coefficient (Wildman–Crippen LogP) is 3.71. The lowest BCUT2D eigenvalue weighted by atomic mass is 10.3. The minimum absolute atomic E-state index is 0.358. The van der Waals surface area contributed by atoms with Crippen molar-refractivity contribution in [1.29, 1.82) is 0 Å². The summed E-state index contributed by atoms with van der Waals surface area (Å²) in [5.41, 5.74) is 0.358. The van der Waals surface area contributed by atoms with Crippen molar-refractivity contribution in [2.45, 2.75) is 26.3 Å². The zero-order valence-electron chi connectivity index (χ0n) is 10.2. The number of aryl methyl sites for hydroxylation is 1. The van der Waals surface area contributed by atoms with E-state index in [1.165, 1.54) is 12.1 Å².